The van der Waals surface area contributed by atoms with Crippen LogP contribution in [0.2, 0.25) is 0 Å². The maximum Gasteiger partial charge on any atom is 0.315 e. The van der Waals surface area contributed by atoms with E-state index in [1.54, 1.807) is 18.5 Å². The molecule has 0 saturated heterocycles. The maximum absolute atomic E-state index is 11.0. The van der Waals surface area contributed by atoms with Gasteiger partial charge in [0.25, 0.3) is 0 Å². The first-order valence-corrected chi connectivity index (χ1v) is 4.10. The first-order chi connectivity index (χ1) is 6.83. The summed E-state index contributed by atoms with van der Waals surface area (Å²) in [7, 11) is 0. The van der Waals surface area contributed by atoms with Crippen molar-refractivity contribution in [2.24, 2.45) is 0 Å². The van der Waals surface area contributed by atoms with Crippen molar-refractivity contribution in [1.29, 1.82) is 5.26 Å². The second-order valence-electron chi connectivity index (χ2n) is 2.56. The number of amides is 2. The third kappa shape index (κ3) is 3.54. The summed E-state index contributed by atoms with van der Waals surface area (Å²) in [5.74, 6) is 0. The predicted octanol–water partition coefficient (Wildman–Crippen LogP) is 0.404. The molecule has 5 nitrogen and oxygen atoms in total. The number of hydrogen-bond donors (Lipinski definition) is 2. The van der Waals surface area contributed by atoms with Crippen molar-refractivity contribution >= 4 is 6.03 Å². The van der Waals surface area contributed by atoms with E-state index < -0.39 is 0 Å². The van der Waals surface area contributed by atoms with E-state index in [-0.39, 0.29) is 12.6 Å². The molecule has 14 heavy (non-hydrogen) atoms. The van der Waals surface area contributed by atoms with Gasteiger partial charge in [-0.1, -0.05) is 6.07 Å². The van der Waals surface area contributed by atoms with Crippen LogP contribution in [0, 0.1) is 11.3 Å². The highest BCUT2D eigenvalue weighted by Gasteiger charge is 1.97. The largest absolute Gasteiger partial charge is 0.334 e. The van der Waals surface area contributed by atoms with Crippen molar-refractivity contribution in [2.75, 3.05) is 6.54 Å². The van der Waals surface area contributed by atoms with E-state index in [0.717, 1.165) is 5.56 Å². The average molecular weight is 190 g/mol. The molecule has 2 N–H and O–H groups in total. The van der Waals surface area contributed by atoms with Gasteiger partial charge in [-0.3, -0.25) is 4.98 Å². The van der Waals surface area contributed by atoms with Crippen molar-refractivity contribution in [3.63, 3.8) is 0 Å². The van der Waals surface area contributed by atoms with Crippen molar-refractivity contribution in [3.8, 4) is 6.07 Å². The van der Waals surface area contributed by atoms with Gasteiger partial charge in [-0.25, -0.2) is 4.79 Å². The number of nitrogens with zero attached hydrogens (tertiary/aromatic N) is 2. The van der Waals surface area contributed by atoms with Gasteiger partial charge >= 0.3 is 6.03 Å². The molecule has 0 aromatic carbocycles. The molecule has 0 unspecified atom stereocenters. The molecule has 1 aromatic heterocycles. The smallest absolute Gasteiger partial charge is 0.315 e. The monoisotopic (exact) mass is 190 g/mol. The maximum atomic E-state index is 11.0. The van der Waals surface area contributed by atoms with E-state index in [1.165, 1.54) is 0 Å². The lowest BCUT2D eigenvalue weighted by Crippen LogP contribution is -2.35. The van der Waals surface area contributed by atoms with Crippen LogP contribution >= 0.6 is 0 Å². The number of rotatable bonds is 3. The molecule has 0 atom stereocenters. The normalized spacial score (nSPS) is 8.79. The first kappa shape index (κ1) is 9.99. The summed E-state index contributed by atoms with van der Waals surface area (Å²) in [6.45, 7) is 0.421. The summed E-state index contributed by atoms with van der Waals surface area (Å²) in [6, 6.07) is 5.12. The second-order valence-corrected chi connectivity index (χ2v) is 2.56. The van der Waals surface area contributed by atoms with Gasteiger partial charge in [0.1, 0.15) is 6.54 Å². The molecular formula is C9H10N4O. The van der Waals surface area contributed by atoms with Gasteiger partial charge in [0, 0.05) is 18.9 Å². The Kier molecular flexibility index (Phi) is 3.95. The van der Waals surface area contributed by atoms with Crippen LogP contribution in [0.15, 0.2) is 24.5 Å². The first-order valence-electron chi connectivity index (χ1n) is 4.10. The van der Waals surface area contributed by atoms with Crippen LogP contribution < -0.4 is 10.6 Å². The Labute approximate surface area is 81.8 Å². The Morgan fingerprint density at radius 1 is 1.57 bits per heavy atom. The Bertz CT molecular complexity index is 330. The lowest BCUT2D eigenvalue weighted by molar-refractivity contribution is 0.241. The van der Waals surface area contributed by atoms with Crippen molar-refractivity contribution in [3.05, 3.63) is 30.1 Å². The molecule has 2 amide bonds. The lowest BCUT2D eigenvalue weighted by atomic mass is 10.3. The minimum absolute atomic E-state index is 0.0128. The minimum Gasteiger partial charge on any atom is -0.334 e. The van der Waals surface area contributed by atoms with Gasteiger partial charge in [0.15, 0.2) is 0 Å². The van der Waals surface area contributed by atoms with Gasteiger partial charge in [-0.15, -0.1) is 0 Å². The number of nitriles is 1. The molecule has 0 saturated carbocycles. The van der Waals surface area contributed by atoms with Gasteiger partial charge in [-0.2, -0.15) is 5.26 Å². The number of urea groups is 1. The van der Waals surface area contributed by atoms with Crippen LogP contribution in [0.5, 0.6) is 0 Å². The number of carbonyl (C=O) groups excluding carboxylic acids is 1. The third-order valence-corrected chi connectivity index (χ3v) is 1.50. The van der Waals surface area contributed by atoms with Gasteiger partial charge in [0.2, 0.25) is 0 Å². The topological polar surface area (TPSA) is 77.8 Å². The molecule has 0 fully saturated rings. The highest BCUT2D eigenvalue weighted by atomic mass is 16.2. The fourth-order valence-electron chi connectivity index (χ4n) is 0.867. The molecule has 0 aliphatic heterocycles. The number of nitrogens with one attached hydrogen (secondary N) is 2. The van der Waals surface area contributed by atoms with E-state index in [0.29, 0.717) is 6.54 Å². The Morgan fingerprint density at radius 3 is 3.07 bits per heavy atom. The highest BCUT2D eigenvalue weighted by Crippen LogP contribution is 1.93. The molecule has 0 spiro atoms. The molecule has 0 aliphatic carbocycles. The molecule has 5 heteroatoms. The van der Waals surface area contributed by atoms with E-state index in [9.17, 15) is 4.79 Å². The van der Waals surface area contributed by atoms with E-state index in [2.05, 4.69) is 15.6 Å². The molecule has 0 aliphatic rings. The van der Waals surface area contributed by atoms with Crippen molar-refractivity contribution in [1.82, 2.24) is 15.6 Å². The number of aromatic nitrogens is 1. The van der Waals surface area contributed by atoms with Crippen LogP contribution in [0.25, 0.3) is 0 Å². The van der Waals surface area contributed by atoms with E-state index in [4.69, 9.17) is 5.26 Å². The SMILES string of the molecule is N#CCNC(=O)NCc1cccnc1. The summed E-state index contributed by atoms with van der Waals surface area (Å²) < 4.78 is 0. The van der Waals surface area contributed by atoms with Crippen LogP contribution in [0.3, 0.4) is 0 Å². The Hall–Kier alpha value is -2.09. The average Bonchev–Trinajstić information content (AvgIpc) is 2.25. The summed E-state index contributed by atoms with van der Waals surface area (Å²) >= 11 is 0. The van der Waals surface area contributed by atoms with Crippen LogP contribution in [-0.2, 0) is 6.54 Å². The van der Waals surface area contributed by atoms with Crippen LogP contribution in [0.4, 0.5) is 4.79 Å². The van der Waals surface area contributed by atoms with Gasteiger partial charge in [0.05, 0.1) is 6.07 Å². The molecule has 72 valence electrons. The Morgan fingerprint density at radius 2 is 2.43 bits per heavy atom. The molecule has 1 rings (SSSR count). The predicted molar refractivity (Wildman–Crippen MR) is 50.1 cm³/mol. The third-order valence-electron chi connectivity index (χ3n) is 1.50. The highest BCUT2D eigenvalue weighted by molar-refractivity contribution is 5.73. The summed E-state index contributed by atoms with van der Waals surface area (Å²) in [6.07, 6.45) is 3.34. The molecule has 0 bridgehead atoms. The van der Waals surface area contributed by atoms with E-state index in [1.807, 2.05) is 12.1 Å². The molecule has 1 aromatic rings. The fourth-order valence-corrected chi connectivity index (χ4v) is 0.867. The van der Waals surface area contributed by atoms with Crippen molar-refractivity contribution in [2.45, 2.75) is 6.54 Å². The zero-order chi connectivity index (χ0) is 10.2. The molecule has 1 heterocycles. The van der Waals surface area contributed by atoms with Gasteiger partial charge < -0.3 is 10.6 Å². The van der Waals surface area contributed by atoms with Crippen molar-refractivity contribution < 1.29 is 4.79 Å². The van der Waals surface area contributed by atoms with E-state index >= 15 is 0 Å². The standard InChI is InChI=1S/C9H10N4O/c10-3-5-12-9(14)13-7-8-2-1-4-11-6-8/h1-2,4,6H,5,7H2,(H2,12,13,14). The zero-order valence-corrected chi connectivity index (χ0v) is 7.53. The number of carbonyl (C=O) groups is 1. The number of pyridine rings is 1. The summed E-state index contributed by atoms with van der Waals surface area (Å²) in [4.78, 5) is 14.9. The second kappa shape index (κ2) is 5.54. The van der Waals surface area contributed by atoms with Crippen LogP contribution in [0.1, 0.15) is 5.56 Å². The minimum atomic E-state index is -0.351. The quantitative estimate of drug-likeness (QED) is 0.677. The number of hydrogen-bond acceptors (Lipinski definition) is 3. The summed E-state index contributed by atoms with van der Waals surface area (Å²) in [5.41, 5.74) is 0.916. The zero-order valence-electron chi connectivity index (χ0n) is 7.53. The van der Waals surface area contributed by atoms with Gasteiger partial charge in [-0.05, 0) is 11.6 Å². The Balaban J connectivity index is 2.28. The fraction of sp³-hybridized carbons (Fsp3) is 0.222. The summed E-state index contributed by atoms with van der Waals surface area (Å²) in [5, 5.41) is 13.2. The molecular weight excluding hydrogens is 180 g/mol. The molecule has 0 radical (unpaired) electrons. The lowest BCUT2D eigenvalue weighted by Gasteiger charge is -2.03. The van der Waals surface area contributed by atoms with Crippen LogP contribution in [-0.4, -0.2) is 17.6 Å².